The van der Waals surface area contributed by atoms with Crippen LogP contribution in [0.2, 0.25) is 0 Å². The van der Waals surface area contributed by atoms with Crippen molar-refractivity contribution in [1.29, 1.82) is 0 Å². The molecule has 0 fully saturated rings. The third-order valence-electron chi connectivity index (χ3n) is 12.2. The number of aliphatic hydroxyl groups excluding tert-OH is 1. The molecule has 298 valence electrons. The maximum absolute atomic E-state index is 9.74. The van der Waals surface area contributed by atoms with Crippen LogP contribution >= 0.6 is 0 Å². The molecular weight excluding hydrogens is 773 g/mol. The van der Waals surface area contributed by atoms with E-state index < -0.39 is 6.79 Å². The third kappa shape index (κ3) is 6.31. The predicted octanol–water partition coefficient (Wildman–Crippen LogP) is 14.1. The summed E-state index contributed by atoms with van der Waals surface area (Å²) in [5, 5.41) is 16.6. The highest BCUT2D eigenvalue weighted by molar-refractivity contribution is 6.10. The molecule has 0 radical (unpaired) electrons. The van der Waals surface area contributed by atoms with Crippen molar-refractivity contribution in [1.82, 2.24) is 19.9 Å². The van der Waals surface area contributed by atoms with Gasteiger partial charge in [0, 0.05) is 38.8 Å². The van der Waals surface area contributed by atoms with Crippen LogP contribution in [0.5, 0.6) is 5.75 Å². The van der Waals surface area contributed by atoms with Gasteiger partial charge in [-0.25, -0.2) is 9.97 Å². The lowest BCUT2D eigenvalue weighted by Crippen LogP contribution is -1.94. The van der Waals surface area contributed by atoms with Gasteiger partial charge in [-0.1, -0.05) is 140 Å². The Labute approximate surface area is 362 Å². The maximum Gasteiger partial charge on any atom is 0.186 e. The van der Waals surface area contributed by atoms with E-state index in [2.05, 4.69) is 192 Å². The first-order valence-electron chi connectivity index (χ1n) is 21.1. The first-order chi connectivity index (χ1) is 31.2. The lowest BCUT2D eigenvalue weighted by atomic mass is 9.94. The Morgan fingerprint density at radius 3 is 1.54 bits per heavy atom. The summed E-state index contributed by atoms with van der Waals surface area (Å²) in [6.45, 7) is -0.420. The van der Waals surface area contributed by atoms with Crippen molar-refractivity contribution in [3.63, 3.8) is 0 Å². The van der Waals surface area contributed by atoms with Crippen LogP contribution in [0.3, 0.4) is 0 Å². The second-order valence-corrected chi connectivity index (χ2v) is 15.9. The molecule has 5 heterocycles. The fourth-order valence-corrected chi connectivity index (χ4v) is 9.46. The number of ether oxygens (including phenoxy) is 1. The Kier molecular flexibility index (Phi) is 8.69. The van der Waals surface area contributed by atoms with Crippen molar-refractivity contribution < 1.29 is 9.84 Å². The molecule has 0 atom stereocenters. The van der Waals surface area contributed by atoms with Gasteiger partial charge in [-0.05, 0) is 115 Å². The molecule has 2 aliphatic heterocycles. The van der Waals surface area contributed by atoms with Crippen LogP contribution in [-0.4, -0.2) is 31.8 Å². The minimum absolute atomic E-state index is 0.420. The number of benzene rings is 7. The molecule has 3 aromatic heterocycles. The molecule has 12 rings (SSSR count). The van der Waals surface area contributed by atoms with Gasteiger partial charge in [-0.15, -0.1) is 0 Å². The number of hydrogen-bond donors (Lipinski definition) is 3. The van der Waals surface area contributed by atoms with Gasteiger partial charge in [0.25, 0.3) is 0 Å². The lowest BCUT2D eigenvalue weighted by Gasteiger charge is -2.11. The van der Waals surface area contributed by atoms with E-state index in [0.29, 0.717) is 5.75 Å². The molecule has 10 aromatic rings. The molecular formula is C57H38N4O2. The van der Waals surface area contributed by atoms with Gasteiger partial charge >= 0.3 is 0 Å². The van der Waals surface area contributed by atoms with Crippen LogP contribution < -0.4 is 4.74 Å². The molecule has 0 spiro atoms. The summed E-state index contributed by atoms with van der Waals surface area (Å²) in [7, 11) is 0. The third-order valence-corrected chi connectivity index (χ3v) is 12.2. The SMILES string of the molecule is OCOc1cccc(-c2cc3cc4nc(c(-c5cccc6ccccc56)c5ccc([nH]5)c(-c5cccc6ccccc56)c5nc(c(-c6cccc7ccccc67)c2[nH]3)C=C5)C=C4)c1. The second kappa shape index (κ2) is 15.0. The van der Waals surface area contributed by atoms with Crippen molar-refractivity contribution in [2.45, 2.75) is 0 Å². The number of fused-ring (bicyclic) bond motifs is 11. The van der Waals surface area contributed by atoms with E-state index in [1.54, 1.807) is 0 Å². The highest BCUT2D eigenvalue weighted by Crippen LogP contribution is 2.43. The van der Waals surface area contributed by atoms with Gasteiger partial charge in [0.2, 0.25) is 0 Å². The van der Waals surface area contributed by atoms with Crippen LogP contribution in [0, 0.1) is 0 Å². The number of aromatic amines is 2. The van der Waals surface area contributed by atoms with Gasteiger partial charge in [0.1, 0.15) is 5.75 Å². The molecule has 8 bridgehead atoms. The average Bonchev–Trinajstić information content (AvgIpc) is 4.17. The summed E-state index contributed by atoms with van der Waals surface area (Å²) in [4.78, 5) is 18.8. The zero-order chi connectivity index (χ0) is 41.9. The molecule has 0 amide bonds. The van der Waals surface area contributed by atoms with E-state index in [9.17, 15) is 5.11 Å². The number of rotatable bonds is 6. The number of aliphatic hydroxyl groups is 1. The Morgan fingerprint density at radius 2 is 0.937 bits per heavy atom. The van der Waals surface area contributed by atoms with Crippen molar-refractivity contribution >= 4 is 78.7 Å². The molecule has 6 nitrogen and oxygen atoms in total. The van der Waals surface area contributed by atoms with Crippen molar-refractivity contribution in [3.05, 3.63) is 199 Å². The van der Waals surface area contributed by atoms with E-state index in [4.69, 9.17) is 14.7 Å². The number of nitrogens with one attached hydrogen (secondary N) is 2. The van der Waals surface area contributed by atoms with Crippen molar-refractivity contribution in [2.75, 3.05) is 6.79 Å². The molecule has 6 heteroatoms. The molecule has 7 aromatic carbocycles. The van der Waals surface area contributed by atoms with Gasteiger partial charge in [-0.2, -0.15) is 0 Å². The minimum Gasteiger partial charge on any atom is -0.468 e. The van der Waals surface area contributed by atoms with Crippen molar-refractivity contribution in [2.24, 2.45) is 0 Å². The number of aromatic nitrogens is 4. The Hall–Kier alpha value is -8.32. The molecule has 2 aliphatic rings. The predicted molar refractivity (Wildman–Crippen MR) is 261 cm³/mol. The fourth-order valence-electron chi connectivity index (χ4n) is 9.46. The van der Waals surface area contributed by atoms with Crippen molar-refractivity contribution in [3.8, 4) is 50.3 Å². The van der Waals surface area contributed by atoms with Gasteiger partial charge in [0.05, 0.1) is 28.3 Å². The molecule has 63 heavy (non-hydrogen) atoms. The van der Waals surface area contributed by atoms with E-state index in [0.717, 1.165) is 122 Å². The Morgan fingerprint density at radius 1 is 0.429 bits per heavy atom. The summed E-state index contributed by atoms with van der Waals surface area (Å²) in [6, 6.07) is 61.5. The highest BCUT2D eigenvalue weighted by atomic mass is 16.6. The lowest BCUT2D eigenvalue weighted by molar-refractivity contribution is 0.0986. The van der Waals surface area contributed by atoms with E-state index in [1.807, 2.05) is 18.2 Å². The first-order valence-corrected chi connectivity index (χ1v) is 21.1. The quantitative estimate of drug-likeness (QED) is 0.146. The average molecular weight is 811 g/mol. The molecule has 0 aliphatic carbocycles. The summed E-state index contributed by atoms with van der Waals surface area (Å²) in [5.41, 5.74) is 15.1. The fraction of sp³-hybridized carbons (Fsp3) is 0.0175. The van der Waals surface area contributed by atoms with Crippen LogP contribution in [0.15, 0.2) is 176 Å². The van der Waals surface area contributed by atoms with Gasteiger partial charge < -0.3 is 19.8 Å². The maximum atomic E-state index is 9.74. The Bertz CT molecular complexity index is 3710. The van der Waals surface area contributed by atoms with Gasteiger partial charge in [-0.3, -0.25) is 0 Å². The molecule has 3 N–H and O–H groups in total. The zero-order valence-corrected chi connectivity index (χ0v) is 34.0. The standard InChI is InChI=1S/C57H38N4O2/c62-34-63-41-18-7-17-38(31-41)48-33-40-32-39-25-26-49(58-39)54(45-22-8-14-35-11-1-4-19-42(35)45)50-27-28-51(60-50)55(46-23-9-15-36-12-2-5-20-43(36)46)52-29-30-53(61-52)56(57(48)59-40)47-24-10-16-37-13-3-6-21-44(37)47/h1-33,59-60,62H,34H2. The van der Waals surface area contributed by atoms with E-state index in [1.165, 1.54) is 0 Å². The van der Waals surface area contributed by atoms with E-state index >= 15 is 0 Å². The van der Waals surface area contributed by atoms with Crippen LogP contribution in [0.1, 0.15) is 22.8 Å². The zero-order valence-electron chi connectivity index (χ0n) is 34.0. The topological polar surface area (TPSA) is 86.8 Å². The summed E-state index contributed by atoms with van der Waals surface area (Å²) in [5.74, 6) is 0.574. The van der Waals surface area contributed by atoms with E-state index in [-0.39, 0.29) is 0 Å². The van der Waals surface area contributed by atoms with Crippen LogP contribution in [0.4, 0.5) is 0 Å². The molecule has 0 unspecified atom stereocenters. The number of hydrogen-bond acceptors (Lipinski definition) is 4. The monoisotopic (exact) mass is 810 g/mol. The highest BCUT2D eigenvalue weighted by Gasteiger charge is 2.21. The number of H-pyrrole nitrogens is 2. The summed E-state index contributed by atoms with van der Waals surface area (Å²) >= 11 is 0. The largest absolute Gasteiger partial charge is 0.468 e. The molecule has 0 saturated heterocycles. The smallest absolute Gasteiger partial charge is 0.186 e. The van der Waals surface area contributed by atoms with Crippen LogP contribution in [0.25, 0.3) is 123 Å². The minimum atomic E-state index is -0.420. The number of nitrogens with zero attached hydrogens (tertiary/aromatic N) is 2. The van der Waals surface area contributed by atoms with Gasteiger partial charge in [0.15, 0.2) is 6.79 Å². The second-order valence-electron chi connectivity index (χ2n) is 15.9. The summed E-state index contributed by atoms with van der Waals surface area (Å²) < 4.78 is 5.62. The molecule has 0 saturated carbocycles. The summed E-state index contributed by atoms with van der Waals surface area (Å²) in [6.07, 6.45) is 8.51. The normalized spacial score (nSPS) is 12.1. The first kappa shape index (κ1) is 36.5. The van der Waals surface area contributed by atoms with Crippen LogP contribution in [-0.2, 0) is 0 Å². The Balaban J connectivity index is 1.28.